The third-order valence-electron chi connectivity index (χ3n) is 1.71. The maximum absolute atomic E-state index is 11.2. The van der Waals surface area contributed by atoms with Crippen molar-refractivity contribution in [2.45, 2.75) is 6.54 Å². The van der Waals surface area contributed by atoms with Crippen LogP contribution in [0.15, 0.2) is 12.4 Å². The van der Waals surface area contributed by atoms with Gasteiger partial charge in [-0.1, -0.05) is 0 Å². The predicted octanol–water partition coefficient (Wildman–Crippen LogP) is -0.514. The number of amides is 1. The number of nitro groups is 1. The molecule has 1 heterocycles. The summed E-state index contributed by atoms with van der Waals surface area (Å²) < 4.78 is 5.85. The van der Waals surface area contributed by atoms with E-state index < -0.39 is 10.8 Å². The van der Waals surface area contributed by atoms with Crippen molar-refractivity contribution in [1.29, 1.82) is 0 Å². The van der Waals surface area contributed by atoms with Crippen molar-refractivity contribution in [3.05, 3.63) is 22.5 Å². The fourth-order valence-electron chi connectivity index (χ4n) is 0.969. The van der Waals surface area contributed by atoms with Gasteiger partial charge in [0, 0.05) is 7.11 Å². The summed E-state index contributed by atoms with van der Waals surface area (Å²) in [6, 6.07) is 0. The number of hydrogen-bond donors (Lipinski definition) is 1. The standard InChI is InChI=1S/C8H12N4O5/c1-16-2-3-17-10-8(13)6-11-5-7(4-9-11)12(14)15/h4-5H,2-3,6H2,1H3,(H,10,13). The van der Waals surface area contributed by atoms with Gasteiger partial charge in [0.25, 0.3) is 5.91 Å². The first-order valence-electron chi connectivity index (χ1n) is 4.70. The minimum absolute atomic E-state index is 0.152. The summed E-state index contributed by atoms with van der Waals surface area (Å²) in [6.07, 6.45) is 2.23. The molecule has 0 radical (unpaired) electrons. The maximum atomic E-state index is 11.2. The lowest BCUT2D eigenvalue weighted by atomic mass is 10.6. The molecule has 1 amide bonds. The molecule has 0 aliphatic heterocycles. The number of nitrogens with zero attached hydrogens (tertiary/aromatic N) is 3. The highest BCUT2D eigenvalue weighted by Gasteiger charge is 2.10. The molecule has 0 atom stereocenters. The molecule has 0 spiro atoms. The van der Waals surface area contributed by atoms with Crippen molar-refractivity contribution < 1.29 is 19.3 Å². The van der Waals surface area contributed by atoms with E-state index in [0.29, 0.717) is 6.61 Å². The smallest absolute Gasteiger partial charge is 0.307 e. The van der Waals surface area contributed by atoms with Crippen LogP contribution in [0, 0.1) is 10.1 Å². The van der Waals surface area contributed by atoms with Gasteiger partial charge in [0.05, 0.1) is 18.1 Å². The molecular weight excluding hydrogens is 232 g/mol. The van der Waals surface area contributed by atoms with Crippen LogP contribution < -0.4 is 5.48 Å². The normalized spacial score (nSPS) is 10.2. The first kappa shape index (κ1) is 13.1. The van der Waals surface area contributed by atoms with Crippen molar-refractivity contribution in [2.75, 3.05) is 20.3 Å². The van der Waals surface area contributed by atoms with E-state index in [1.165, 1.54) is 7.11 Å². The highest BCUT2D eigenvalue weighted by atomic mass is 16.7. The van der Waals surface area contributed by atoms with Crippen molar-refractivity contribution >= 4 is 11.6 Å². The second-order valence-corrected chi connectivity index (χ2v) is 3.02. The number of carbonyl (C=O) groups is 1. The second-order valence-electron chi connectivity index (χ2n) is 3.02. The van der Waals surface area contributed by atoms with Gasteiger partial charge in [-0.2, -0.15) is 5.10 Å². The average molecular weight is 244 g/mol. The zero-order valence-electron chi connectivity index (χ0n) is 9.16. The van der Waals surface area contributed by atoms with E-state index in [2.05, 4.69) is 10.6 Å². The molecule has 0 unspecified atom stereocenters. The number of hydrogen-bond acceptors (Lipinski definition) is 6. The summed E-state index contributed by atoms with van der Waals surface area (Å²) in [5.74, 6) is -0.459. The van der Waals surface area contributed by atoms with Crippen LogP contribution in [0.5, 0.6) is 0 Å². The van der Waals surface area contributed by atoms with Gasteiger partial charge in [-0.05, 0) is 0 Å². The molecule has 9 nitrogen and oxygen atoms in total. The quantitative estimate of drug-likeness (QED) is 0.393. The van der Waals surface area contributed by atoms with Crippen LogP contribution in [0.4, 0.5) is 5.69 Å². The molecular formula is C8H12N4O5. The monoisotopic (exact) mass is 244 g/mol. The number of carbonyl (C=O) groups excluding carboxylic acids is 1. The summed E-state index contributed by atoms with van der Waals surface area (Å²) in [5, 5.41) is 14.0. The average Bonchev–Trinajstić information content (AvgIpc) is 2.73. The lowest BCUT2D eigenvalue weighted by molar-refractivity contribution is -0.385. The van der Waals surface area contributed by atoms with Crippen LogP contribution in [0.25, 0.3) is 0 Å². The van der Waals surface area contributed by atoms with Crippen molar-refractivity contribution in [3.8, 4) is 0 Å². The summed E-state index contributed by atoms with van der Waals surface area (Å²) in [5.41, 5.74) is 1.99. The van der Waals surface area contributed by atoms with Gasteiger partial charge in [-0.15, -0.1) is 0 Å². The highest BCUT2D eigenvalue weighted by Crippen LogP contribution is 2.07. The molecule has 1 aromatic rings. The van der Waals surface area contributed by atoms with Crippen LogP contribution >= 0.6 is 0 Å². The zero-order chi connectivity index (χ0) is 12.7. The second kappa shape index (κ2) is 6.55. The molecule has 1 rings (SSSR count). The Balaban J connectivity index is 2.32. The van der Waals surface area contributed by atoms with Gasteiger partial charge in [-0.25, -0.2) is 5.48 Å². The lowest BCUT2D eigenvalue weighted by Gasteiger charge is -2.04. The molecule has 0 saturated heterocycles. The zero-order valence-corrected chi connectivity index (χ0v) is 9.16. The Morgan fingerprint density at radius 1 is 1.65 bits per heavy atom. The van der Waals surface area contributed by atoms with E-state index in [-0.39, 0.29) is 18.8 Å². The van der Waals surface area contributed by atoms with E-state index in [1.807, 2.05) is 0 Å². The topological polar surface area (TPSA) is 109 Å². The van der Waals surface area contributed by atoms with Gasteiger partial charge in [0.2, 0.25) is 0 Å². The number of ether oxygens (including phenoxy) is 1. The molecule has 17 heavy (non-hydrogen) atoms. The summed E-state index contributed by atoms with van der Waals surface area (Å²) in [7, 11) is 1.51. The van der Waals surface area contributed by atoms with E-state index in [0.717, 1.165) is 17.1 Å². The molecule has 0 saturated carbocycles. The van der Waals surface area contributed by atoms with Crippen LogP contribution in [0.2, 0.25) is 0 Å². The van der Waals surface area contributed by atoms with Gasteiger partial charge in [-0.3, -0.25) is 24.4 Å². The third-order valence-corrected chi connectivity index (χ3v) is 1.71. The minimum Gasteiger partial charge on any atom is -0.382 e. The Morgan fingerprint density at radius 2 is 2.41 bits per heavy atom. The predicted molar refractivity (Wildman–Crippen MR) is 54.9 cm³/mol. The van der Waals surface area contributed by atoms with Crippen LogP contribution in [0.1, 0.15) is 0 Å². The van der Waals surface area contributed by atoms with E-state index in [9.17, 15) is 14.9 Å². The first-order valence-corrected chi connectivity index (χ1v) is 4.70. The number of nitrogens with one attached hydrogen (secondary N) is 1. The molecule has 94 valence electrons. The Hall–Kier alpha value is -2.00. The molecule has 0 aliphatic carbocycles. The number of aromatic nitrogens is 2. The van der Waals surface area contributed by atoms with Crippen LogP contribution in [-0.4, -0.2) is 40.9 Å². The summed E-state index contributed by atoms with van der Waals surface area (Å²) in [6.45, 7) is 0.426. The summed E-state index contributed by atoms with van der Waals surface area (Å²) >= 11 is 0. The molecule has 9 heteroatoms. The Kier molecular flexibility index (Phi) is 5.04. The highest BCUT2D eigenvalue weighted by molar-refractivity contribution is 5.74. The molecule has 0 aliphatic rings. The van der Waals surface area contributed by atoms with Gasteiger partial charge in [0.1, 0.15) is 18.9 Å². The third kappa shape index (κ3) is 4.57. The van der Waals surface area contributed by atoms with E-state index >= 15 is 0 Å². The van der Waals surface area contributed by atoms with Gasteiger partial charge in [0.15, 0.2) is 0 Å². The summed E-state index contributed by atoms with van der Waals surface area (Å²) in [4.78, 5) is 25.8. The van der Waals surface area contributed by atoms with Gasteiger partial charge < -0.3 is 4.74 Å². The Labute approximate surface area is 96.4 Å². The van der Waals surface area contributed by atoms with Crippen LogP contribution in [0.3, 0.4) is 0 Å². The molecule has 0 fully saturated rings. The Bertz CT molecular complexity index is 391. The number of methoxy groups -OCH3 is 1. The number of hydroxylamine groups is 1. The lowest BCUT2D eigenvalue weighted by Crippen LogP contribution is -2.29. The fraction of sp³-hybridized carbons (Fsp3) is 0.500. The Morgan fingerprint density at radius 3 is 3.00 bits per heavy atom. The first-order chi connectivity index (χ1) is 8.13. The number of rotatable bonds is 7. The van der Waals surface area contributed by atoms with Gasteiger partial charge >= 0.3 is 5.69 Å². The fourth-order valence-corrected chi connectivity index (χ4v) is 0.969. The van der Waals surface area contributed by atoms with Crippen LogP contribution in [-0.2, 0) is 20.9 Å². The SMILES string of the molecule is COCCONC(=O)Cn1cc([N+](=O)[O-])cn1. The van der Waals surface area contributed by atoms with Crippen molar-refractivity contribution in [3.63, 3.8) is 0 Å². The van der Waals surface area contributed by atoms with E-state index in [4.69, 9.17) is 9.57 Å². The minimum atomic E-state index is -0.587. The molecule has 0 aromatic carbocycles. The van der Waals surface area contributed by atoms with Crippen molar-refractivity contribution in [2.24, 2.45) is 0 Å². The molecule has 1 N–H and O–H groups in total. The van der Waals surface area contributed by atoms with E-state index in [1.54, 1.807) is 0 Å². The molecule has 0 bridgehead atoms. The van der Waals surface area contributed by atoms with Crippen molar-refractivity contribution in [1.82, 2.24) is 15.3 Å². The molecule has 1 aromatic heterocycles. The largest absolute Gasteiger partial charge is 0.382 e. The maximum Gasteiger partial charge on any atom is 0.307 e.